The Kier molecular flexibility index (Phi) is 4.06. The maximum absolute atomic E-state index is 7.50. The number of halogens is 1. The summed E-state index contributed by atoms with van der Waals surface area (Å²) in [6.07, 6.45) is 2.47. The summed E-state index contributed by atoms with van der Waals surface area (Å²) in [6.45, 7) is 0.472. The molecule has 0 saturated heterocycles. The molecule has 0 atom stereocenters. The maximum Gasteiger partial charge on any atom is 0.131 e. The van der Waals surface area contributed by atoms with Crippen LogP contribution >= 0.6 is 11.6 Å². The van der Waals surface area contributed by atoms with E-state index in [4.69, 9.17) is 27.5 Å². The van der Waals surface area contributed by atoms with Crippen LogP contribution in [0.15, 0.2) is 30.5 Å². The Morgan fingerprint density at radius 2 is 2.26 bits per heavy atom. The molecule has 0 bridgehead atoms. The number of nitrogens with zero attached hydrogens (tertiary/aromatic N) is 2. The van der Waals surface area contributed by atoms with E-state index in [-0.39, 0.29) is 5.84 Å². The highest BCUT2D eigenvalue weighted by molar-refractivity contribution is 6.30. The van der Waals surface area contributed by atoms with E-state index >= 15 is 0 Å². The molecule has 0 aliphatic heterocycles. The SMILES string of the molecule is Cn1nccc1CCOc1cc(Cl)ccc1C(=N)N. The molecule has 0 amide bonds. The fourth-order valence-corrected chi connectivity index (χ4v) is 1.91. The number of rotatable bonds is 5. The molecule has 0 aliphatic carbocycles. The van der Waals surface area contributed by atoms with Gasteiger partial charge in [0.05, 0.1) is 12.2 Å². The Morgan fingerprint density at radius 3 is 2.89 bits per heavy atom. The second kappa shape index (κ2) is 5.75. The lowest BCUT2D eigenvalue weighted by molar-refractivity contribution is 0.318. The van der Waals surface area contributed by atoms with Crippen LogP contribution in [0.2, 0.25) is 5.02 Å². The molecule has 0 radical (unpaired) electrons. The first-order chi connectivity index (χ1) is 9.08. The minimum Gasteiger partial charge on any atom is -0.492 e. The molecule has 1 aromatic heterocycles. The van der Waals surface area contributed by atoms with Crippen molar-refractivity contribution < 1.29 is 4.74 Å². The average molecular weight is 279 g/mol. The van der Waals surface area contributed by atoms with Crippen molar-refractivity contribution in [3.63, 3.8) is 0 Å². The van der Waals surface area contributed by atoms with Gasteiger partial charge in [-0.25, -0.2) is 0 Å². The zero-order chi connectivity index (χ0) is 13.8. The topological polar surface area (TPSA) is 76.9 Å². The monoisotopic (exact) mass is 278 g/mol. The summed E-state index contributed by atoms with van der Waals surface area (Å²) >= 11 is 5.92. The van der Waals surface area contributed by atoms with Gasteiger partial charge in [-0.05, 0) is 24.3 Å². The maximum atomic E-state index is 7.50. The normalized spacial score (nSPS) is 10.4. The first-order valence-corrected chi connectivity index (χ1v) is 6.19. The van der Waals surface area contributed by atoms with E-state index in [0.717, 1.165) is 12.1 Å². The summed E-state index contributed by atoms with van der Waals surface area (Å²) in [5.74, 6) is 0.495. The number of amidine groups is 1. The van der Waals surface area contributed by atoms with Gasteiger partial charge in [0, 0.05) is 30.4 Å². The lowest BCUT2D eigenvalue weighted by atomic mass is 10.2. The third kappa shape index (κ3) is 3.26. The highest BCUT2D eigenvalue weighted by Gasteiger charge is 2.08. The number of aromatic nitrogens is 2. The summed E-state index contributed by atoms with van der Waals surface area (Å²) in [5.41, 5.74) is 7.13. The van der Waals surface area contributed by atoms with Crippen LogP contribution in [0.1, 0.15) is 11.3 Å². The highest BCUT2D eigenvalue weighted by Crippen LogP contribution is 2.23. The number of hydrogen-bond acceptors (Lipinski definition) is 3. The van der Waals surface area contributed by atoms with E-state index in [1.165, 1.54) is 0 Å². The van der Waals surface area contributed by atoms with Crippen LogP contribution in [-0.4, -0.2) is 22.2 Å². The van der Waals surface area contributed by atoms with Crippen molar-refractivity contribution in [3.05, 3.63) is 46.7 Å². The van der Waals surface area contributed by atoms with E-state index in [9.17, 15) is 0 Å². The Hall–Kier alpha value is -2.01. The first-order valence-electron chi connectivity index (χ1n) is 5.81. The van der Waals surface area contributed by atoms with Crippen LogP contribution in [0, 0.1) is 5.41 Å². The summed E-state index contributed by atoms with van der Waals surface area (Å²) in [5, 5.41) is 12.1. The molecule has 6 heteroatoms. The molecule has 0 aliphatic rings. The van der Waals surface area contributed by atoms with Crippen molar-refractivity contribution in [2.75, 3.05) is 6.61 Å². The molecule has 2 rings (SSSR count). The van der Waals surface area contributed by atoms with Gasteiger partial charge in [0.25, 0.3) is 0 Å². The van der Waals surface area contributed by atoms with E-state index < -0.39 is 0 Å². The van der Waals surface area contributed by atoms with Gasteiger partial charge < -0.3 is 10.5 Å². The summed E-state index contributed by atoms with van der Waals surface area (Å²) in [7, 11) is 1.88. The highest BCUT2D eigenvalue weighted by atomic mass is 35.5. The molecular weight excluding hydrogens is 264 g/mol. The van der Waals surface area contributed by atoms with E-state index in [0.29, 0.717) is 22.9 Å². The van der Waals surface area contributed by atoms with Gasteiger partial charge in [0.1, 0.15) is 11.6 Å². The van der Waals surface area contributed by atoms with Gasteiger partial charge in [-0.3, -0.25) is 10.1 Å². The molecule has 19 heavy (non-hydrogen) atoms. The molecule has 0 spiro atoms. The van der Waals surface area contributed by atoms with Crippen LogP contribution in [0.3, 0.4) is 0 Å². The van der Waals surface area contributed by atoms with E-state index in [2.05, 4.69) is 5.10 Å². The quantitative estimate of drug-likeness (QED) is 0.648. The Morgan fingerprint density at radius 1 is 1.47 bits per heavy atom. The van der Waals surface area contributed by atoms with Crippen molar-refractivity contribution in [2.24, 2.45) is 12.8 Å². The van der Waals surface area contributed by atoms with Gasteiger partial charge in [-0.1, -0.05) is 11.6 Å². The van der Waals surface area contributed by atoms with Gasteiger partial charge in [-0.2, -0.15) is 5.10 Å². The van der Waals surface area contributed by atoms with Crippen molar-refractivity contribution in [1.82, 2.24) is 9.78 Å². The van der Waals surface area contributed by atoms with Crippen molar-refractivity contribution in [3.8, 4) is 5.75 Å². The molecular formula is C13H15ClN4O. The average Bonchev–Trinajstić information content (AvgIpc) is 2.75. The second-order valence-corrected chi connectivity index (χ2v) is 4.54. The van der Waals surface area contributed by atoms with Crippen LogP contribution in [0.5, 0.6) is 5.75 Å². The fourth-order valence-electron chi connectivity index (χ4n) is 1.75. The van der Waals surface area contributed by atoms with Crippen molar-refractivity contribution >= 4 is 17.4 Å². The van der Waals surface area contributed by atoms with Crippen LogP contribution < -0.4 is 10.5 Å². The predicted molar refractivity (Wildman–Crippen MR) is 74.9 cm³/mol. The number of nitrogens with one attached hydrogen (secondary N) is 1. The minimum absolute atomic E-state index is 0.0350. The zero-order valence-corrected chi connectivity index (χ0v) is 11.3. The minimum atomic E-state index is -0.0350. The molecule has 0 saturated carbocycles. The fraction of sp³-hybridized carbons (Fsp3) is 0.231. The predicted octanol–water partition coefficient (Wildman–Crippen LogP) is 1.98. The summed E-state index contributed by atoms with van der Waals surface area (Å²) < 4.78 is 7.46. The Bertz CT molecular complexity index is 594. The molecule has 3 N–H and O–H groups in total. The molecule has 2 aromatic rings. The number of nitrogen functional groups attached to an aromatic ring is 1. The standard InChI is InChI=1S/C13H15ClN4O/c1-18-10(4-6-17-18)5-7-19-12-8-9(14)2-3-11(12)13(15)16/h2-4,6,8H,5,7H2,1H3,(H3,15,16). The van der Waals surface area contributed by atoms with Crippen LogP contribution in [0.25, 0.3) is 0 Å². The van der Waals surface area contributed by atoms with Gasteiger partial charge in [0.15, 0.2) is 0 Å². The van der Waals surface area contributed by atoms with Gasteiger partial charge in [0.2, 0.25) is 0 Å². The lowest BCUT2D eigenvalue weighted by Gasteiger charge is -2.11. The van der Waals surface area contributed by atoms with Gasteiger partial charge in [-0.15, -0.1) is 0 Å². The smallest absolute Gasteiger partial charge is 0.131 e. The lowest BCUT2D eigenvalue weighted by Crippen LogP contribution is -2.14. The zero-order valence-electron chi connectivity index (χ0n) is 10.6. The third-order valence-electron chi connectivity index (χ3n) is 2.77. The van der Waals surface area contributed by atoms with Crippen molar-refractivity contribution in [1.29, 1.82) is 5.41 Å². The molecule has 1 aromatic carbocycles. The molecule has 100 valence electrons. The first kappa shape index (κ1) is 13.4. The molecule has 5 nitrogen and oxygen atoms in total. The third-order valence-corrected chi connectivity index (χ3v) is 3.01. The van der Waals surface area contributed by atoms with E-state index in [1.807, 2.05) is 13.1 Å². The molecule has 1 heterocycles. The van der Waals surface area contributed by atoms with E-state index in [1.54, 1.807) is 29.1 Å². The number of ether oxygens (including phenoxy) is 1. The molecule has 0 unspecified atom stereocenters. The van der Waals surface area contributed by atoms with Crippen LogP contribution in [-0.2, 0) is 13.5 Å². The van der Waals surface area contributed by atoms with Crippen LogP contribution in [0.4, 0.5) is 0 Å². The second-order valence-electron chi connectivity index (χ2n) is 4.10. The Labute approximate surface area is 116 Å². The van der Waals surface area contributed by atoms with Gasteiger partial charge >= 0.3 is 0 Å². The largest absolute Gasteiger partial charge is 0.492 e. The summed E-state index contributed by atoms with van der Waals surface area (Å²) in [6, 6.07) is 6.98. The Balaban J connectivity index is 2.05. The summed E-state index contributed by atoms with van der Waals surface area (Å²) in [4.78, 5) is 0. The number of benzene rings is 1. The number of hydrogen-bond donors (Lipinski definition) is 2. The molecule has 0 fully saturated rings. The van der Waals surface area contributed by atoms with Crippen molar-refractivity contribution in [2.45, 2.75) is 6.42 Å². The number of aryl methyl sites for hydroxylation is 1. The number of nitrogens with two attached hydrogens (primary N) is 1.